The fraction of sp³-hybridized carbons (Fsp3) is 0.429. The molecule has 0 saturated carbocycles. The molecule has 0 radical (unpaired) electrons. The number of rotatable bonds is 3. The molecule has 1 spiro atoms. The van der Waals surface area contributed by atoms with E-state index in [0.717, 1.165) is 68.0 Å². The number of aromatic nitrogens is 3. The zero-order valence-corrected chi connectivity index (χ0v) is 14.8. The number of hydrogen-bond donors (Lipinski definition) is 0. The first-order chi connectivity index (χ1) is 12.8. The van der Waals surface area contributed by atoms with E-state index in [0.29, 0.717) is 5.41 Å². The highest BCUT2D eigenvalue weighted by Gasteiger charge is 2.41. The number of hydrogen-bond acceptors (Lipinski definition) is 4. The Balaban J connectivity index is 1.36. The third-order valence-corrected chi connectivity index (χ3v) is 5.77. The van der Waals surface area contributed by atoms with Gasteiger partial charge in [-0.3, -0.25) is 4.57 Å². The van der Waals surface area contributed by atoms with E-state index in [1.165, 1.54) is 0 Å². The summed E-state index contributed by atoms with van der Waals surface area (Å²) in [7, 11) is 0. The lowest BCUT2D eigenvalue weighted by molar-refractivity contribution is 0.00696. The number of pyridine rings is 1. The molecule has 0 unspecified atom stereocenters. The smallest absolute Gasteiger partial charge is 0.138 e. The summed E-state index contributed by atoms with van der Waals surface area (Å²) in [5.74, 6) is 0.912. The summed E-state index contributed by atoms with van der Waals surface area (Å²) in [4.78, 5) is 9.35. The van der Waals surface area contributed by atoms with Gasteiger partial charge in [0.1, 0.15) is 12.1 Å². The van der Waals surface area contributed by atoms with Crippen molar-refractivity contribution in [3.63, 3.8) is 0 Å². The topological polar surface area (TPSA) is 49.2 Å². The summed E-state index contributed by atoms with van der Waals surface area (Å²) >= 11 is 0. The van der Waals surface area contributed by atoms with E-state index < -0.39 is 0 Å². The molecule has 2 fully saturated rings. The molecule has 2 aliphatic rings. The predicted octanol–water partition coefficient (Wildman–Crippen LogP) is 3.55. The second-order valence-corrected chi connectivity index (χ2v) is 7.54. The molecule has 5 nitrogen and oxygen atoms in total. The number of ether oxygens (including phenoxy) is 2. The molecule has 2 aliphatic heterocycles. The van der Waals surface area contributed by atoms with Crippen LogP contribution in [0.25, 0.3) is 16.9 Å². The van der Waals surface area contributed by atoms with Gasteiger partial charge in [-0.2, -0.15) is 0 Å². The van der Waals surface area contributed by atoms with Crippen molar-refractivity contribution in [2.45, 2.75) is 31.8 Å². The Morgan fingerprint density at radius 2 is 1.96 bits per heavy atom. The van der Waals surface area contributed by atoms with Gasteiger partial charge in [0.2, 0.25) is 0 Å². The van der Waals surface area contributed by atoms with Gasteiger partial charge in [-0.15, -0.1) is 0 Å². The molecule has 26 heavy (non-hydrogen) atoms. The highest BCUT2D eigenvalue weighted by atomic mass is 16.5. The lowest BCUT2D eigenvalue weighted by atomic mass is 9.78. The highest BCUT2D eigenvalue weighted by Crippen LogP contribution is 2.42. The first-order valence-electron chi connectivity index (χ1n) is 9.39. The van der Waals surface area contributed by atoms with Gasteiger partial charge in [0.05, 0.1) is 23.7 Å². The van der Waals surface area contributed by atoms with Crippen molar-refractivity contribution in [1.29, 1.82) is 0 Å². The third kappa shape index (κ3) is 2.91. The van der Waals surface area contributed by atoms with Crippen molar-refractivity contribution >= 4 is 11.0 Å². The quantitative estimate of drug-likeness (QED) is 0.726. The molecule has 4 heterocycles. The maximum atomic E-state index is 6.14. The molecule has 2 aromatic heterocycles. The van der Waals surface area contributed by atoms with E-state index in [1.807, 2.05) is 35.2 Å². The van der Waals surface area contributed by atoms with Crippen LogP contribution in [-0.2, 0) is 15.9 Å². The average molecular weight is 349 g/mol. The molecule has 0 N–H and O–H groups in total. The van der Waals surface area contributed by atoms with Gasteiger partial charge in [-0.25, -0.2) is 9.97 Å². The molecule has 3 aromatic rings. The summed E-state index contributed by atoms with van der Waals surface area (Å²) in [6, 6.07) is 14.3. The summed E-state index contributed by atoms with van der Waals surface area (Å²) < 4.78 is 13.7. The van der Waals surface area contributed by atoms with Gasteiger partial charge in [0, 0.05) is 30.7 Å². The molecule has 5 heteroatoms. The third-order valence-electron chi connectivity index (χ3n) is 5.77. The second kappa shape index (κ2) is 6.49. The fourth-order valence-electron chi connectivity index (χ4n) is 4.27. The molecular formula is C21H23N3O2. The number of para-hydroxylation sites is 2. The Morgan fingerprint density at radius 3 is 2.88 bits per heavy atom. The zero-order valence-electron chi connectivity index (χ0n) is 14.8. The Labute approximate surface area is 153 Å². The van der Waals surface area contributed by atoms with Gasteiger partial charge < -0.3 is 9.47 Å². The summed E-state index contributed by atoms with van der Waals surface area (Å²) in [5, 5.41) is 0. The first-order valence-corrected chi connectivity index (χ1v) is 9.39. The maximum Gasteiger partial charge on any atom is 0.138 e. The van der Waals surface area contributed by atoms with E-state index in [1.54, 1.807) is 0 Å². The van der Waals surface area contributed by atoms with Crippen molar-refractivity contribution in [1.82, 2.24) is 14.5 Å². The van der Waals surface area contributed by atoms with Crippen molar-refractivity contribution in [2.24, 2.45) is 5.41 Å². The molecule has 0 bridgehead atoms. The van der Waals surface area contributed by atoms with Crippen LogP contribution in [0, 0.1) is 5.41 Å². The predicted molar refractivity (Wildman–Crippen MR) is 99.4 cm³/mol. The van der Waals surface area contributed by atoms with Crippen LogP contribution in [0.15, 0.2) is 48.8 Å². The van der Waals surface area contributed by atoms with Gasteiger partial charge >= 0.3 is 0 Å². The van der Waals surface area contributed by atoms with E-state index >= 15 is 0 Å². The number of benzene rings is 1. The van der Waals surface area contributed by atoms with Gasteiger partial charge in [-0.1, -0.05) is 18.2 Å². The minimum atomic E-state index is 0.260. The summed E-state index contributed by atoms with van der Waals surface area (Å²) in [6.07, 6.45) is 6.34. The van der Waals surface area contributed by atoms with Gasteiger partial charge in [-0.05, 0) is 43.5 Å². The number of fused-ring (bicyclic) bond motifs is 1. The number of nitrogens with zero attached hydrogens (tertiary/aromatic N) is 3. The van der Waals surface area contributed by atoms with Gasteiger partial charge in [0.25, 0.3) is 0 Å². The Hall–Kier alpha value is -2.24. The van der Waals surface area contributed by atoms with Crippen LogP contribution >= 0.6 is 0 Å². The lowest BCUT2D eigenvalue weighted by Gasteiger charge is -2.31. The van der Waals surface area contributed by atoms with Crippen molar-refractivity contribution < 1.29 is 9.47 Å². The molecule has 0 amide bonds. The van der Waals surface area contributed by atoms with Gasteiger partial charge in [0.15, 0.2) is 0 Å². The Bertz CT molecular complexity index is 914. The molecule has 5 rings (SSSR count). The molecule has 1 aromatic carbocycles. The highest BCUT2D eigenvalue weighted by molar-refractivity contribution is 5.76. The lowest BCUT2D eigenvalue weighted by Crippen LogP contribution is -2.30. The minimum Gasteiger partial charge on any atom is -0.381 e. The molecule has 0 aliphatic carbocycles. The second-order valence-electron chi connectivity index (χ2n) is 7.54. The van der Waals surface area contributed by atoms with E-state index in [-0.39, 0.29) is 6.10 Å². The Kier molecular flexibility index (Phi) is 3.98. The van der Waals surface area contributed by atoms with Crippen LogP contribution in [0.3, 0.4) is 0 Å². The number of imidazole rings is 1. The van der Waals surface area contributed by atoms with E-state index in [4.69, 9.17) is 14.5 Å². The maximum absolute atomic E-state index is 6.14. The summed E-state index contributed by atoms with van der Waals surface area (Å²) in [5.41, 5.74) is 3.48. The normalized spacial score (nSPS) is 22.2. The fourth-order valence-corrected chi connectivity index (χ4v) is 4.27. The van der Waals surface area contributed by atoms with Crippen LogP contribution in [0.4, 0.5) is 0 Å². The standard InChI is InChI=1S/C21H23N3O2/c1-2-6-19-18(5-1)22-15-24(19)20-7-3-4-16(23-20)12-17-13-21(14-26-17)8-10-25-11-9-21/h1-7,15,17H,8-14H2/t17-/m0/s1. The van der Waals surface area contributed by atoms with Crippen LogP contribution in [-0.4, -0.2) is 40.5 Å². The zero-order chi connectivity index (χ0) is 17.4. The molecule has 1 atom stereocenters. The van der Waals surface area contributed by atoms with Crippen LogP contribution < -0.4 is 0 Å². The summed E-state index contributed by atoms with van der Waals surface area (Å²) in [6.45, 7) is 2.61. The van der Waals surface area contributed by atoms with Crippen molar-refractivity contribution in [3.8, 4) is 5.82 Å². The molecule has 134 valence electrons. The Morgan fingerprint density at radius 1 is 1.08 bits per heavy atom. The monoisotopic (exact) mass is 349 g/mol. The van der Waals surface area contributed by atoms with E-state index in [9.17, 15) is 0 Å². The first kappa shape index (κ1) is 16.0. The SMILES string of the molecule is c1cc(C[C@H]2CC3(CCOCC3)CO2)nc(-n2cnc3ccccc32)c1. The minimum absolute atomic E-state index is 0.260. The largest absolute Gasteiger partial charge is 0.381 e. The molecule has 2 saturated heterocycles. The van der Waals surface area contributed by atoms with Crippen molar-refractivity contribution in [3.05, 3.63) is 54.5 Å². The average Bonchev–Trinajstić information content (AvgIpc) is 3.27. The molecular weight excluding hydrogens is 326 g/mol. The van der Waals surface area contributed by atoms with Crippen LogP contribution in [0.5, 0.6) is 0 Å². The van der Waals surface area contributed by atoms with Crippen molar-refractivity contribution in [2.75, 3.05) is 19.8 Å². The van der Waals surface area contributed by atoms with Crippen LogP contribution in [0.2, 0.25) is 0 Å². The van der Waals surface area contributed by atoms with Crippen LogP contribution in [0.1, 0.15) is 25.0 Å². The van der Waals surface area contributed by atoms with E-state index in [2.05, 4.69) is 23.2 Å².